The molecule has 104 valence electrons. The van der Waals surface area contributed by atoms with Crippen molar-refractivity contribution in [2.75, 3.05) is 17.2 Å². The van der Waals surface area contributed by atoms with Gasteiger partial charge >= 0.3 is 0 Å². The van der Waals surface area contributed by atoms with E-state index in [1.807, 2.05) is 6.07 Å². The maximum absolute atomic E-state index is 12.0. The van der Waals surface area contributed by atoms with Crippen molar-refractivity contribution >= 4 is 17.3 Å². The lowest BCUT2D eigenvalue weighted by molar-refractivity contribution is 0.102. The second kappa shape index (κ2) is 6.87. The molecule has 0 aliphatic carbocycles. The van der Waals surface area contributed by atoms with Gasteiger partial charge in [0.05, 0.1) is 23.5 Å². The lowest BCUT2D eigenvalue weighted by Crippen LogP contribution is -2.13. The van der Waals surface area contributed by atoms with Gasteiger partial charge in [0.25, 0.3) is 5.91 Å². The van der Waals surface area contributed by atoms with Crippen LogP contribution in [-0.2, 0) is 0 Å². The van der Waals surface area contributed by atoms with E-state index < -0.39 is 0 Å². The van der Waals surface area contributed by atoms with E-state index in [0.29, 0.717) is 23.5 Å². The Morgan fingerprint density at radius 2 is 1.95 bits per heavy atom. The molecule has 0 atom stereocenters. The first kappa shape index (κ1) is 14.3. The van der Waals surface area contributed by atoms with Crippen molar-refractivity contribution in [2.45, 2.75) is 0 Å². The Kier molecular flexibility index (Phi) is 4.67. The smallest absolute Gasteiger partial charge is 0.274 e. The number of carbonyl (C=O) groups is 1. The highest BCUT2D eigenvalue weighted by molar-refractivity contribution is 6.02. The lowest BCUT2D eigenvalue weighted by Gasteiger charge is -2.06. The highest BCUT2D eigenvalue weighted by Gasteiger charge is 2.07. The van der Waals surface area contributed by atoms with E-state index in [0.717, 1.165) is 5.69 Å². The first-order valence-electron chi connectivity index (χ1n) is 6.35. The Morgan fingerprint density at radius 1 is 1.24 bits per heavy atom. The Hall–Kier alpha value is -3.13. The first-order valence-corrected chi connectivity index (χ1v) is 6.35. The number of nitrogens with zero attached hydrogens (tertiary/aromatic N) is 2. The molecule has 0 aliphatic rings. The Morgan fingerprint density at radius 3 is 2.52 bits per heavy atom. The van der Waals surface area contributed by atoms with Gasteiger partial charge in [0.15, 0.2) is 0 Å². The third-order valence-electron chi connectivity index (χ3n) is 2.72. The van der Waals surface area contributed by atoms with E-state index in [2.05, 4.69) is 22.2 Å². The zero-order valence-electron chi connectivity index (χ0n) is 11.3. The molecule has 0 spiro atoms. The molecule has 2 N–H and O–H groups in total. The number of pyridine rings is 1. The number of amides is 1. The number of hydrogen-bond acceptors (Lipinski definition) is 4. The molecular weight excluding hydrogens is 264 g/mol. The minimum Gasteiger partial charge on any atom is -0.380 e. The average Bonchev–Trinajstić information content (AvgIpc) is 2.54. The van der Waals surface area contributed by atoms with Gasteiger partial charge in [-0.1, -0.05) is 6.08 Å². The normalized spacial score (nSPS) is 9.48. The molecule has 21 heavy (non-hydrogen) atoms. The summed E-state index contributed by atoms with van der Waals surface area (Å²) in [6, 6.07) is 12.1. The van der Waals surface area contributed by atoms with Gasteiger partial charge in [-0.2, -0.15) is 5.26 Å². The Balaban J connectivity index is 2.02. The number of nitriles is 1. The maximum atomic E-state index is 12.0. The molecule has 2 rings (SSSR count). The van der Waals surface area contributed by atoms with Crippen LogP contribution in [-0.4, -0.2) is 17.4 Å². The molecule has 0 radical (unpaired) electrons. The second-order valence-electron chi connectivity index (χ2n) is 4.24. The molecule has 0 fully saturated rings. The van der Waals surface area contributed by atoms with Crippen molar-refractivity contribution < 1.29 is 4.79 Å². The van der Waals surface area contributed by atoms with Gasteiger partial charge in [-0.25, -0.2) is 4.98 Å². The number of anilines is 2. The van der Waals surface area contributed by atoms with Gasteiger partial charge in [0.2, 0.25) is 0 Å². The van der Waals surface area contributed by atoms with Crippen molar-refractivity contribution in [3.8, 4) is 6.07 Å². The van der Waals surface area contributed by atoms with Crippen LogP contribution < -0.4 is 10.6 Å². The van der Waals surface area contributed by atoms with Crippen LogP contribution >= 0.6 is 0 Å². The number of carbonyl (C=O) groups excluding carboxylic acids is 1. The summed E-state index contributed by atoms with van der Waals surface area (Å²) in [5.74, 6) is -0.296. The van der Waals surface area contributed by atoms with Crippen LogP contribution in [0.4, 0.5) is 11.4 Å². The average molecular weight is 278 g/mol. The number of benzene rings is 1. The highest BCUT2D eigenvalue weighted by Crippen LogP contribution is 2.11. The summed E-state index contributed by atoms with van der Waals surface area (Å²) >= 11 is 0. The van der Waals surface area contributed by atoms with Crippen molar-refractivity contribution in [1.82, 2.24) is 4.98 Å². The zero-order chi connectivity index (χ0) is 15.1. The van der Waals surface area contributed by atoms with Crippen molar-refractivity contribution in [3.63, 3.8) is 0 Å². The van der Waals surface area contributed by atoms with Crippen LogP contribution in [0.25, 0.3) is 0 Å². The molecule has 5 heteroatoms. The Bertz CT molecular complexity index is 669. The quantitative estimate of drug-likeness (QED) is 0.824. The molecule has 0 aliphatic heterocycles. The van der Waals surface area contributed by atoms with E-state index in [1.54, 1.807) is 48.7 Å². The van der Waals surface area contributed by atoms with Crippen molar-refractivity contribution in [3.05, 3.63) is 66.5 Å². The summed E-state index contributed by atoms with van der Waals surface area (Å²) in [5, 5.41) is 14.5. The minimum atomic E-state index is -0.296. The van der Waals surface area contributed by atoms with Crippen LogP contribution in [0.1, 0.15) is 16.1 Å². The third-order valence-corrected chi connectivity index (χ3v) is 2.72. The SMILES string of the molecule is C=CCNc1ccc(C(=O)Nc2ccc(C#N)cc2)nc1. The molecular formula is C16H14N4O. The summed E-state index contributed by atoms with van der Waals surface area (Å²) in [4.78, 5) is 16.1. The monoisotopic (exact) mass is 278 g/mol. The summed E-state index contributed by atoms with van der Waals surface area (Å²) in [6.07, 6.45) is 3.34. The van der Waals surface area contributed by atoms with Crippen LogP contribution in [0, 0.1) is 11.3 Å². The number of nitrogens with one attached hydrogen (secondary N) is 2. The van der Waals surface area contributed by atoms with Gasteiger partial charge in [-0.15, -0.1) is 6.58 Å². The molecule has 0 bridgehead atoms. The standard InChI is InChI=1S/C16H14N4O/c1-2-9-18-14-7-8-15(19-11-14)16(21)20-13-5-3-12(10-17)4-6-13/h2-8,11,18H,1,9H2,(H,20,21). The molecule has 5 nitrogen and oxygen atoms in total. The van der Waals surface area contributed by atoms with Gasteiger partial charge < -0.3 is 10.6 Å². The van der Waals surface area contributed by atoms with E-state index in [9.17, 15) is 4.79 Å². The summed E-state index contributed by atoms with van der Waals surface area (Å²) in [6.45, 7) is 4.25. The fourth-order valence-electron chi connectivity index (χ4n) is 1.65. The molecule has 0 unspecified atom stereocenters. The molecule has 0 saturated carbocycles. The molecule has 0 saturated heterocycles. The Labute approximate surface area is 122 Å². The van der Waals surface area contributed by atoms with E-state index in [-0.39, 0.29) is 5.91 Å². The molecule has 2 aromatic rings. The van der Waals surface area contributed by atoms with Crippen LogP contribution in [0.5, 0.6) is 0 Å². The van der Waals surface area contributed by atoms with Crippen LogP contribution in [0.3, 0.4) is 0 Å². The van der Waals surface area contributed by atoms with E-state index in [1.165, 1.54) is 0 Å². The highest BCUT2D eigenvalue weighted by atomic mass is 16.1. The largest absolute Gasteiger partial charge is 0.380 e. The minimum absolute atomic E-state index is 0.296. The van der Waals surface area contributed by atoms with Crippen LogP contribution in [0.15, 0.2) is 55.3 Å². The van der Waals surface area contributed by atoms with Gasteiger partial charge in [-0.05, 0) is 36.4 Å². The first-order chi connectivity index (χ1) is 10.2. The molecule has 1 heterocycles. The van der Waals surface area contributed by atoms with Crippen molar-refractivity contribution in [2.24, 2.45) is 0 Å². The fraction of sp³-hybridized carbons (Fsp3) is 0.0625. The summed E-state index contributed by atoms with van der Waals surface area (Å²) in [5.41, 5.74) is 2.31. The van der Waals surface area contributed by atoms with Gasteiger partial charge in [0, 0.05) is 12.2 Å². The van der Waals surface area contributed by atoms with E-state index in [4.69, 9.17) is 5.26 Å². The topological polar surface area (TPSA) is 77.8 Å². The zero-order valence-corrected chi connectivity index (χ0v) is 11.3. The van der Waals surface area contributed by atoms with Crippen LogP contribution in [0.2, 0.25) is 0 Å². The van der Waals surface area contributed by atoms with Gasteiger partial charge in [0.1, 0.15) is 5.69 Å². The maximum Gasteiger partial charge on any atom is 0.274 e. The number of hydrogen-bond donors (Lipinski definition) is 2. The second-order valence-corrected chi connectivity index (χ2v) is 4.24. The van der Waals surface area contributed by atoms with Gasteiger partial charge in [-0.3, -0.25) is 4.79 Å². The lowest BCUT2D eigenvalue weighted by atomic mass is 10.2. The molecule has 1 amide bonds. The third kappa shape index (κ3) is 3.91. The summed E-state index contributed by atoms with van der Waals surface area (Å²) < 4.78 is 0. The molecule has 1 aromatic carbocycles. The predicted octanol–water partition coefficient (Wildman–Crippen LogP) is 2.80. The predicted molar refractivity (Wildman–Crippen MR) is 82.0 cm³/mol. The number of rotatable bonds is 5. The summed E-state index contributed by atoms with van der Waals surface area (Å²) in [7, 11) is 0. The number of aromatic nitrogens is 1. The van der Waals surface area contributed by atoms with Crippen molar-refractivity contribution in [1.29, 1.82) is 5.26 Å². The van der Waals surface area contributed by atoms with E-state index >= 15 is 0 Å². The molecule has 1 aromatic heterocycles. The fourth-order valence-corrected chi connectivity index (χ4v) is 1.65.